The number of carbonyl (C=O) groups is 1. The molecule has 1 aliphatic heterocycles. The minimum Gasteiger partial charge on any atom is -0.487 e. The predicted molar refractivity (Wildman–Crippen MR) is 90.1 cm³/mol. The van der Waals surface area contributed by atoms with E-state index in [0.29, 0.717) is 17.7 Å². The van der Waals surface area contributed by atoms with E-state index in [9.17, 15) is 18.0 Å². The van der Waals surface area contributed by atoms with Crippen molar-refractivity contribution in [3.8, 4) is 11.5 Å². The maximum Gasteiger partial charge on any atom is 0.447 e. The summed E-state index contributed by atoms with van der Waals surface area (Å²) < 4.78 is 61.3. The molecule has 1 fully saturated rings. The summed E-state index contributed by atoms with van der Waals surface area (Å²) in [6.07, 6.45) is -1.33. The van der Waals surface area contributed by atoms with Crippen LogP contribution in [0.15, 0.2) is 36.7 Å². The zero-order valence-corrected chi connectivity index (χ0v) is 15.1. The first-order valence-corrected chi connectivity index (χ1v) is 8.59. The molecule has 2 heterocycles. The predicted octanol–water partition coefficient (Wildman–Crippen LogP) is 3.20. The second-order valence-corrected chi connectivity index (χ2v) is 6.03. The van der Waals surface area contributed by atoms with E-state index in [-0.39, 0.29) is 31.5 Å². The quantitative estimate of drug-likeness (QED) is 0.634. The van der Waals surface area contributed by atoms with Crippen LogP contribution in [0.1, 0.15) is 23.7 Å². The van der Waals surface area contributed by atoms with Crippen molar-refractivity contribution in [3.63, 3.8) is 0 Å². The number of carbonyl (C=O) groups excluding carboxylic acids is 1. The third-order valence-electron chi connectivity index (χ3n) is 4.06. The normalized spacial score (nSPS) is 16.1. The minimum atomic E-state index is -4.72. The van der Waals surface area contributed by atoms with E-state index in [0.717, 1.165) is 0 Å². The molecule has 1 aliphatic rings. The molecular formula is C18H19F3N2O5. The second kappa shape index (κ2) is 8.19. The molecule has 0 spiro atoms. The molecule has 2 aromatic rings. The molecule has 1 saturated heterocycles. The number of aromatic nitrogens is 2. The highest BCUT2D eigenvalue weighted by Gasteiger charge is 2.61. The third-order valence-corrected chi connectivity index (χ3v) is 4.06. The molecule has 7 nitrogen and oxygen atoms in total. The molecule has 0 saturated carbocycles. The monoisotopic (exact) mass is 400 g/mol. The van der Waals surface area contributed by atoms with Crippen LogP contribution in [0.4, 0.5) is 13.2 Å². The summed E-state index contributed by atoms with van der Waals surface area (Å²) >= 11 is 0. The molecule has 0 atom stereocenters. The van der Waals surface area contributed by atoms with E-state index in [4.69, 9.17) is 18.9 Å². The molecular weight excluding hydrogens is 381 g/mol. The molecule has 28 heavy (non-hydrogen) atoms. The van der Waals surface area contributed by atoms with Crippen LogP contribution in [0.3, 0.4) is 0 Å². The molecule has 10 heteroatoms. The number of hydrogen-bond donors (Lipinski definition) is 0. The third kappa shape index (κ3) is 4.45. The number of rotatable bonds is 8. The lowest BCUT2D eigenvalue weighted by molar-refractivity contribution is -0.350. The van der Waals surface area contributed by atoms with Crippen LogP contribution in [0.2, 0.25) is 0 Å². The SMILES string of the molecule is CCC(=O)c1cnn(COc2cccc(OCC3(C(F)(F)F)OCCO3)c2)c1. The number of halogens is 3. The Morgan fingerprint density at radius 1 is 1.25 bits per heavy atom. The highest BCUT2D eigenvalue weighted by atomic mass is 19.4. The Balaban J connectivity index is 1.59. The maximum atomic E-state index is 13.2. The van der Waals surface area contributed by atoms with Gasteiger partial charge in [0, 0.05) is 18.7 Å². The number of benzene rings is 1. The molecule has 0 unspecified atom stereocenters. The van der Waals surface area contributed by atoms with Gasteiger partial charge in [0.05, 0.1) is 25.0 Å². The van der Waals surface area contributed by atoms with Gasteiger partial charge in [-0.2, -0.15) is 18.3 Å². The molecule has 0 radical (unpaired) electrons. The lowest BCUT2D eigenvalue weighted by Gasteiger charge is -2.29. The van der Waals surface area contributed by atoms with Crippen molar-refractivity contribution >= 4 is 5.78 Å². The number of Topliss-reactive ketones (excluding diaryl/α,β-unsaturated/α-hetero) is 1. The molecule has 1 aromatic heterocycles. The van der Waals surface area contributed by atoms with Crippen LogP contribution < -0.4 is 9.47 Å². The lowest BCUT2D eigenvalue weighted by Crippen LogP contribution is -2.51. The van der Waals surface area contributed by atoms with Crippen molar-refractivity contribution in [2.45, 2.75) is 32.0 Å². The fraction of sp³-hybridized carbons (Fsp3) is 0.444. The smallest absolute Gasteiger partial charge is 0.447 e. The highest BCUT2D eigenvalue weighted by molar-refractivity contribution is 5.95. The van der Waals surface area contributed by atoms with Gasteiger partial charge in [-0.05, 0) is 12.1 Å². The van der Waals surface area contributed by atoms with E-state index in [1.165, 1.54) is 23.0 Å². The van der Waals surface area contributed by atoms with Crippen molar-refractivity contribution in [2.24, 2.45) is 0 Å². The second-order valence-electron chi connectivity index (χ2n) is 6.03. The maximum absolute atomic E-state index is 13.2. The van der Waals surface area contributed by atoms with Gasteiger partial charge in [0.1, 0.15) is 11.5 Å². The minimum absolute atomic E-state index is 0.0269. The van der Waals surface area contributed by atoms with Crippen molar-refractivity contribution in [2.75, 3.05) is 19.8 Å². The van der Waals surface area contributed by atoms with Gasteiger partial charge in [-0.25, -0.2) is 4.68 Å². The van der Waals surface area contributed by atoms with Crippen molar-refractivity contribution in [1.29, 1.82) is 0 Å². The van der Waals surface area contributed by atoms with Gasteiger partial charge < -0.3 is 18.9 Å². The zero-order chi connectivity index (χ0) is 20.2. The number of alkyl halides is 3. The standard InChI is InChI=1S/C18H19F3N2O5/c1-2-16(24)13-9-22-23(10-13)12-26-15-5-3-4-14(8-15)25-11-17(18(19,20)21)27-6-7-28-17/h3-5,8-10H,2,6-7,11-12H2,1H3. The molecule has 1 aromatic carbocycles. The van der Waals surface area contributed by atoms with Gasteiger partial charge in [-0.15, -0.1) is 0 Å². The zero-order valence-electron chi connectivity index (χ0n) is 15.1. The Labute approximate surface area is 158 Å². The van der Waals surface area contributed by atoms with Gasteiger partial charge in [0.15, 0.2) is 19.1 Å². The summed E-state index contributed by atoms with van der Waals surface area (Å²) in [5.41, 5.74) is 0.484. The van der Waals surface area contributed by atoms with Crippen LogP contribution in [0.25, 0.3) is 0 Å². The number of hydrogen-bond acceptors (Lipinski definition) is 6. The molecule has 3 rings (SSSR count). The van der Waals surface area contributed by atoms with Crippen LogP contribution in [0, 0.1) is 0 Å². The fourth-order valence-corrected chi connectivity index (χ4v) is 2.54. The molecule has 0 amide bonds. The van der Waals surface area contributed by atoms with E-state index < -0.39 is 18.6 Å². The Bertz CT molecular complexity index is 816. The Kier molecular flexibility index (Phi) is 5.90. The number of ether oxygens (including phenoxy) is 4. The van der Waals surface area contributed by atoms with Gasteiger partial charge >= 0.3 is 12.0 Å². The van der Waals surface area contributed by atoms with Crippen molar-refractivity contribution < 1.29 is 36.9 Å². The first-order chi connectivity index (χ1) is 13.3. The van der Waals surface area contributed by atoms with E-state index >= 15 is 0 Å². The fourth-order valence-electron chi connectivity index (χ4n) is 2.54. The summed E-state index contributed by atoms with van der Waals surface area (Å²) in [5.74, 6) is -2.26. The van der Waals surface area contributed by atoms with Crippen molar-refractivity contribution in [1.82, 2.24) is 9.78 Å². The topological polar surface area (TPSA) is 71.8 Å². The lowest BCUT2D eigenvalue weighted by atomic mass is 10.2. The van der Waals surface area contributed by atoms with Crippen LogP contribution >= 0.6 is 0 Å². The first-order valence-electron chi connectivity index (χ1n) is 8.59. The Hall–Kier alpha value is -2.59. The van der Waals surface area contributed by atoms with E-state index in [2.05, 4.69) is 5.10 Å². The number of nitrogens with zero attached hydrogens (tertiary/aromatic N) is 2. The van der Waals surface area contributed by atoms with Crippen molar-refractivity contribution in [3.05, 3.63) is 42.2 Å². The summed E-state index contributed by atoms with van der Waals surface area (Å²) in [6.45, 7) is 0.643. The summed E-state index contributed by atoms with van der Waals surface area (Å²) in [6, 6.07) is 6.14. The molecule has 152 valence electrons. The first kappa shape index (κ1) is 20.2. The highest BCUT2D eigenvalue weighted by Crippen LogP contribution is 2.38. The van der Waals surface area contributed by atoms with Crippen LogP contribution in [-0.2, 0) is 16.2 Å². The molecule has 0 N–H and O–H groups in total. The van der Waals surface area contributed by atoms with Gasteiger partial charge in [-0.1, -0.05) is 13.0 Å². The van der Waals surface area contributed by atoms with E-state index in [1.54, 1.807) is 25.3 Å². The molecule has 0 aliphatic carbocycles. The molecule has 0 bridgehead atoms. The summed E-state index contributed by atoms with van der Waals surface area (Å²) in [5, 5.41) is 4.03. The summed E-state index contributed by atoms with van der Waals surface area (Å²) in [4.78, 5) is 11.6. The van der Waals surface area contributed by atoms with Gasteiger partial charge in [-0.3, -0.25) is 4.79 Å². The van der Waals surface area contributed by atoms with Crippen LogP contribution in [0.5, 0.6) is 11.5 Å². The van der Waals surface area contributed by atoms with Gasteiger partial charge in [0.2, 0.25) is 0 Å². The Morgan fingerprint density at radius 3 is 2.57 bits per heavy atom. The average Bonchev–Trinajstić information content (AvgIpc) is 3.34. The van der Waals surface area contributed by atoms with Crippen LogP contribution in [-0.4, -0.2) is 47.3 Å². The average molecular weight is 400 g/mol. The summed E-state index contributed by atoms with van der Waals surface area (Å²) in [7, 11) is 0. The Morgan fingerprint density at radius 2 is 1.93 bits per heavy atom. The van der Waals surface area contributed by atoms with E-state index in [1.807, 2.05) is 0 Å². The largest absolute Gasteiger partial charge is 0.487 e. The van der Waals surface area contributed by atoms with Gasteiger partial charge in [0.25, 0.3) is 0 Å². The number of ketones is 1.